The molecule has 0 bridgehead atoms. The Balaban J connectivity index is 1.80. The van der Waals surface area contributed by atoms with E-state index in [0.717, 1.165) is 16.5 Å². The Labute approximate surface area is 130 Å². The summed E-state index contributed by atoms with van der Waals surface area (Å²) in [5.74, 6) is -0.481. The lowest BCUT2D eigenvalue weighted by atomic mass is 10.1. The molecule has 3 aromatic heterocycles. The first-order valence-corrected chi connectivity index (χ1v) is 6.84. The second-order valence-corrected chi connectivity index (χ2v) is 5.01. The van der Waals surface area contributed by atoms with Gasteiger partial charge < -0.3 is 14.0 Å². The Hall–Kier alpha value is -3.41. The molecule has 0 atom stereocenters. The fourth-order valence-corrected chi connectivity index (χ4v) is 2.41. The zero-order valence-corrected chi connectivity index (χ0v) is 11.8. The monoisotopic (exact) mass is 306 g/mol. The molecule has 6 heteroatoms. The van der Waals surface area contributed by atoms with Crippen molar-refractivity contribution in [1.29, 1.82) is 0 Å². The summed E-state index contributed by atoms with van der Waals surface area (Å²) in [6.07, 6.45) is 4.67. The molecule has 0 saturated heterocycles. The molecule has 1 aromatic carbocycles. The molecule has 0 fully saturated rings. The molecular weight excluding hydrogens is 296 g/mol. The molecule has 0 spiro atoms. The van der Waals surface area contributed by atoms with Gasteiger partial charge in [-0.05, 0) is 35.9 Å². The maximum atomic E-state index is 11.0. The first-order chi connectivity index (χ1) is 11.2. The van der Waals surface area contributed by atoms with Crippen LogP contribution in [0.25, 0.3) is 33.4 Å². The largest absolute Gasteiger partial charge is 0.477 e. The van der Waals surface area contributed by atoms with Crippen molar-refractivity contribution in [2.24, 2.45) is 0 Å². The van der Waals surface area contributed by atoms with Crippen molar-refractivity contribution in [3.05, 3.63) is 60.7 Å². The van der Waals surface area contributed by atoms with E-state index in [1.165, 1.54) is 12.3 Å². The zero-order chi connectivity index (χ0) is 15.8. The molecule has 0 aliphatic rings. The van der Waals surface area contributed by atoms with Gasteiger partial charge in [-0.3, -0.25) is 0 Å². The molecule has 4 aromatic rings. The highest BCUT2D eigenvalue weighted by atomic mass is 16.5. The third-order valence-corrected chi connectivity index (χ3v) is 3.55. The zero-order valence-electron chi connectivity index (χ0n) is 11.8. The molecule has 0 aliphatic carbocycles. The first kappa shape index (κ1) is 13.3. The Morgan fingerprint density at radius 1 is 1.04 bits per heavy atom. The lowest BCUT2D eigenvalue weighted by Gasteiger charge is -1.97. The molecule has 3 heterocycles. The summed E-state index contributed by atoms with van der Waals surface area (Å²) in [7, 11) is 0. The molecule has 0 aliphatic heterocycles. The maximum absolute atomic E-state index is 11.0. The summed E-state index contributed by atoms with van der Waals surface area (Å²) in [5.41, 5.74) is 3.21. The van der Waals surface area contributed by atoms with Crippen LogP contribution in [0.5, 0.6) is 0 Å². The Bertz CT molecular complexity index is 1000. The predicted molar refractivity (Wildman–Crippen MR) is 81.9 cm³/mol. The summed E-state index contributed by atoms with van der Waals surface area (Å²) < 4.78 is 10.7. The second kappa shape index (κ2) is 5.10. The molecule has 6 nitrogen and oxygen atoms in total. The van der Waals surface area contributed by atoms with Crippen molar-refractivity contribution in [2.45, 2.75) is 0 Å². The number of carboxylic acid groups (broad SMARTS) is 1. The smallest absolute Gasteiger partial charge is 0.354 e. The number of carbonyl (C=O) groups is 1. The van der Waals surface area contributed by atoms with E-state index >= 15 is 0 Å². The Morgan fingerprint density at radius 3 is 2.74 bits per heavy atom. The summed E-state index contributed by atoms with van der Waals surface area (Å²) in [5, 5.41) is 13.6. The second-order valence-electron chi connectivity index (χ2n) is 5.01. The third kappa shape index (κ3) is 2.36. The van der Waals surface area contributed by atoms with Crippen LogP contribution < -0.4 is 0 Å². The van der Waals surface area contributed by atoms with E-state index in [0.29, 0.717) is 16.9 Å². The van der Waals surface area contributed by atoms with Gasteiger partial charge in [0, 0.05) is 22.7 Å². The van der Waals surface area contributed by atoms with E-state index in [2.05, 4.69) is 10.1 Å². The van der Waals surface area contributed by atoms with E-state index in [4.69, 9.17) is 14.0 Å². The minimum absolute atomic E-state index is 0.0203. The van der Waals surface area contributed by atoms with Gasteiger partial charge in [-0.15, -0.1) is 0 Å². The van der Waals surface area contributed by atoms with Gasteiger partial charge in [0.05, 0.1) is 6.20 Å². The number of rotatable bonds is 3. The summed E-state index contributed by atoms with van der Waals surface area (Å²) in [4.78, 5) is 14.8. The summed E-state index contributed by atoms with van der Waals surface area (Å²) in [6.45, 7) is 0. The van der Waals surface area contributed by atoms with Gasteiger partial charge in [-0.25, -0.2) is 9.78 Å². The molecule has 4 rings (SSSR count). The van der Waals surface area contributed by atoms with E-state index in [1.807, 2.05) is 24.3 Å². The van der Waals surface area contributed by atoms with E-state index < -0.39 is 5.97 Å². The van der Waals surface area contributed by atoms with Crippen LogP contribution in [0.4, 0.5) is 0 Å². The topological polar surface area (TPSA) is 89.4 Å². The van der Waals surface area contributed by atoms with Crippen molar-refractivity contribution in [3.63, 3.8) is 0 Å². The highest BCUT2D eigenvalue weighted by Crippen LogP contribution is 2.31. The Morgan fingerprint density at radius 2 is 1.96 bits per heavy atom. The van der Waals surface area contributed by atoms with Gasteiger partial charge >= 0.3 is 5.97 Å². The molecule has 23 heavy (non-hydrogen) atoms. The molecule has 112 valence electrons. The molecule has 0 radical (unpaired) electrons. The van der Waals surface area contributed by atoms with Crippen LogP contribution in [0.1, 0.15) is 10.5 Å². The van der Waals surface area contributed by atoms with E-state index in [1.54, 1.807) is 18.5 Å². The van der Waals surface area contributed by atoms with Gasteiger partial charge in [-0.1, -0.05) is 11.2 Å². The SMILES string of the molecule is O=C(O)c1cc(-c2cc3cc(-c4cnoc4)ccc3o2)ccn1. The molecular formula is C17H10N2O4. The predicted octanol–water partition coefficient (Wildman–Crippen LogP) is 3.85. The molecule has 0 unspecified atom stereocenters. The Kier molecular flexibility index (Phi) is 2.94. The third-order valence-electron chi connectivity index (χ3n) is 3.55. The fourth-order valence-electron chi connectivity index (χ4n) is 2.41. The van der Waals surface area contributed by atoms with Crippen molar-refractivity contribution in [3.8, 4) is 22.5 Å². The van der Waals surface area contributed by atoms with Crippen molar-refractivity contribution in [1.82, 2.24) is 10.1 Å². The number of pyridine rings is 1. The summed E-state index contributed by atoms with van der Waals surface area (Å²) in [6, 6.07) is 10.8. The van der Waals surface area contributed by atoms with Gasteiger partial charge in [0.15, 0.2) is 0 Å². The van der Waals surface area contributed by atoms with Crippen LogP contribution in [0.2, 0.25) is 0 Å². The number of aromatic carboxylic acids is 1. The standard InChI is InChI=1S/C17H10N2O4/c20-17(21)14-6-11(3-4-18-14)16-7-12-5-10(1-2-15(12)23-16)13-8-19-22-9-13/h1-9H,(H,20,21). The van der Waals surface area contributed by atoms with E-state index in [9.17, 15) is 4.79 Å². The molecule has 1 N–H and O–H groups in total. The average Bonchev–Trinajstić information content (AvgIpc) is 3.23. The highest BCUT2D eigenvalue weighted by Gasteiger charge is 2.11. The van der Waals surface area contributed by atoms with E-state index in [-0.39, 0.29) is 5.69 Å². The highest BCUT2D eigenvalue weighted by molar-refractivity contribution is 5.89. The summed E-state index contributed by atoms with van der Waals surface area (Å²) >= 11 is 0. The van der Waals surface area contributed by atoms with Crippen molar-refractivity contribution < 1.29 is 18.8 Å². The van der Waals surface area contributed by atoms with Gasteiger partial charge in [0.1, 0.15) is 23.3 Å². The normalized spacial score (nSPS) is 11.0. The molecule has 0 saturated carbocycles. The minimum Gasteiger partial charge on any atom is -0.477 e. The van der Waals surface area contributed by atoms with Crippen LogP contribution in [0.3, 0.4) is 0 Å². The number of aromatic nitrogens is 2. The number of benzene rings is 1. The van der Waals surface area contributed by atoms with Crippen LogP contribution >= 0.6 is 0 Å². The fraction of sp³-hybridized carbons (Fsp3) is 0. The first-order valence-electron chi connectivity index (χ1n) is 6.84. The number of nitrogens with zero attached hydrogens (tertiary/aromatic N) is 2. The van der Waals surface area contributed by atoms with Crippen LogP contribution in [0, 0.1) is 0 Å². The lowest BCUT2D eigenvalue weighted by Crippen LogP contribution is -1.99. The number of fused-ring (bicyclic) bond motifs is 1. The van der Waals surface area contributed by atoms with Crippen molar-refractivity contribution >= 4 is 16.9 Å². The van der Waals surface area contributed by atoms with Gasteiger partial charge in [-0.2, -0.15) is 0 Å². The average molecular weight is 306 g/mol. The molecule has 0 amide bonds. The number of furan rings is 1. The van der Waals surface area contributed by atoms with Crippen LogP contribution in [0.15, 0.2) is 64.0 Å². The quantitative estimate of drug-likeness (QED) is 0.618. The maximum Gasteiger partial charge on any atom is 0.354 e. The minimum atomic E-state index is -1.07. The lowest BCUT2D eigenvalue weighted by molar-refractivity contribution is 0.0690. The van der Waals surface area contributed by atoms with Gasteiger partial charge in [0.25, 0.3) is 0 Å². The van der Waals surface area contributed by atoms with Crippen molar-refractivity contribution in [2.75, 3.05) is 0 Å². The number of hydrogen-bond acceptors (Lipinski definition) is 5. The van der Waals surface area contributed by atoms with Crippen LogP contribution in [-0.4, -0.2) is 21.2 Å². The van der Waals surface area contributed by atoms with Gasteiger partial charge in [0.2, 0.25) is 0 Å². The number of carboxylic acids is 1. The number of hydrogen-bond donors (Lipinski definition) is 1. The van der Waals surface area contributed by atoms with Crippen LogP contribution in [-0.2, 0) is 0 Å².